The minimum absolute atomic E-state index is 0.0471. The lowest BCUT2D eigenvalue weighted by atomic mass is 10.2. The third-order valence-corrected chi connectivity index (χ3v) is 5.82. The highest BCUT2D eigenvalue weighted by atomic mass is 32.1. The molecule has 0 spiro atoms. The first-order valence-corrected chi connectivity index (χ1v) is 9.77. The number of thiophene rings is 1. The third-order valence-electron chi connectivity index (χ3n) is 4.70. The van der Waals surface area contributed by atoms with Crippen LogP contribution in [-0.2, 0) is 6.54 Å². The van der Waals surface area contributed by atoms with Crippen molar-refractivity contribution in [2.75, 3.05) is 31.1 Å². The number of nitrogens with zero attached hydrogens (tertiary/aromatic N) is 4. The number of hydrogen-bond acceptors (Lipinski definition) is 6. The second kappa shape index (κ2) is 8.04. The van der Waals surface area contributed by atoms with Crippen molar-refractivity contribution in [3.63, 3.8) is 0 Å². The standard InChI is InChI=1S/C20H19FN4O2S/c21-15-3-1-2-14(10-15)18-5-4-16(28-18)13-24-6-8-25(9-7-24)19-12-22-17(11-23-19)20(26)27/h1-5,10-12H,6-9,13H2,(H,26,27). The fourth-order valence-electron chi connectivity index (χ4n) is 3.21. The number of anilines is 1. The van der Waals surface area contributed by atoms with E-state index in [1.54, 1.807) is 23.5 Å². The van der Waals surface area contributed by atoms with Gasteiger partial charge in [0.15, 0.2) is 5.69 Å². The molecule has 4 rings (SSSR count). The minimum Gasteiger partial charge on any atom is -0.476 e. The summed E-state index contributed by atoms with van der Waals surface area (Å²) in [7, 11) is 0. The lowest BCUT2D eigenvalue weighted by Crippen LogP contribution is -2.46. The molecule has 3 heterocycles. The molecule has 28 heavy (non-hydrogen) atoms. The van der Waals surface area contributed by atoms with Crippen LogP contribution in [0.15, 0.2) is 48.8 Å². The number of halogens is 1. The van der Waals surface area contributed by atoms with Crippen LogP contribution >= 0.6 is 11.3 Å². The predicted molar refractivity (Wildman–Crippen MR) is 106 cm³/mol. The molecule has 144 valence electrons. The molecule has 1 saturated heterocycles. The molecular formula is C20H19FN4O2S. The van der Waals surface area contributed by atoms with Gasteiger partial charge in [0.25, 0.3) is 0 Å². The molecule has 8 heteroatoms. The number of carbonyl (C=O) groups is 1. The topological polar surface area (TPSA) is 69.6 Å². The average Bonchev–Trinajstić information content (AvgIpc) is 3.17. The number of rotatable bonds is 5. The van der Waals surface area contributed by atoms with Gasteiger partial charge in [0, 0.05) is 42.5 Å². The summed E-state index contributed by atoms with van der Waals surface area (Å²) in [6.45, 7) is 4.25. The van der Waals surface area contributed by atoms with E-state index in [4.69, 9.17) is 5.11 Å². The highest BCUT2D eigenvalue weighted by Gasteiger charge is 2.19. The van der Waals surface area contributed by atoms with E-state index >= 15 is 0 Å². The van der Waals surface area contributed by atoms with Crippen LogP contribution < -0.4 is 4.90 Å². The van der Waals surface area contributed by atoms with Gasteiger partial charge >= 0.3 is 5.97 Å². The summed E-state index contributed by atoms with van der Waals surface area (Å²) < 4.78 is 13.4. The van der Waals surface area contributed by atoms with Crippen molar-refractivity contribution in [3.8, 4) is 10.4 Å². The first-order chi connectivity index (χ1) is 13.6. The van der Waals surface area contributed by atoms with Crippen molar-refractivity contribution in [2.45, 2.75) is 6.54 Å². The molecular weight excluding hydrogens is 379 g/mol. The Kier molecular flexibility index (Phi) is 5.31. The first kappa shape index (κ1) is 18.5. The van der Waals surface area contributed by atoms with Crippen molar-refractivity contribution < 1.29 is 14.3 Å². The van der Waals surface area contributed by atoms with Gasteiger partial charge in [0.1, 0.15) is 11.6 Å². The molecule has 3 aromatic rings. The van der Waals surface area contributed by atoms with Crippen molar-refractivity contribution in [1.82, 2.24) is 14.9 Å². The van der Waals surface area contributed by atoms with Crippen LogP contribution in [0.2, 0.25) is 0 Å². The summed E-state index contributed by atoms with van der Waals surface area (Å²) >= 11 is 1.69. The smallest absolute Gasteiger partial charge is 0.356 e. The molecule has 0 atom stereocenters. The molecule has 2 aromatic heterocycles. The Hall–Kier alpha value is -2.84. The molecule has 1 fully saturated rings. The first-order valence-electron chi connectivity index (χ1n) is 8.96. The van der Waals surface area contributed by atoms with E-state index in [1.165, 1.54) is 23.3 Å². The molecule has 1 aliphatic rings. The summed E-state index contributed by atoms with van der Waals surface area (Å²) in [4.78, 5) is 25.8. The van der Waals surface area contributed by atoms with Crippen molar-refractivity contribution >= 4 is 23.1 Å². The Balaban J connectivity index is 1.34. The quantitative estimate of drug-likeness (QED) is 0.711. The zero-order valence-electron chi connectivity index (χ0n) is 15.1. The van der Waals surface area contributed by atoms with E-state index in [0.717, 1.165) is 43.2 Å². The monoisotopic (exact) mass is 398 g/mol. The molecule has 1 N–H and O–H groups in total. The molecule has 1 aliphatic heterocycles. The molecule has 1 aromatic carbocycles. The SMILES string of the molecule is O=C(O)c1cnc(N2CCN(Cc3ccc(-c4cccc(F)c4)s3)CC2)cn1. The van der Waals surface area contributed by atoms with Gasteiger partial charge in [-0.15, -0.1) is 11.3 Å². The molecule has 0 bridgehead atoms. The Morgan fingerprint density at radius 3 is 2.61 bits per heavy atom. The number of carboxylic acid groups (broad SMARTS) is 1. The summed E-state index contributed by atoms with van der Waals surface area (Å²) in [6.07, 6.45) is 2.81. The summed E-state index contributed by atoms with van der Waals surface area (Å²) in [5, 5.41) is 8.91. The Morgan fingerprint density at radius 1 is 1.11 bits per heavy atom. The average molecular weight is 398 g/mol. The second-order valence-corrected chi connectivity index (χ2v) is 7.77. The number of piperazine rings is 1. The third kappa shape index (κ3) is 4.18. The lowest BCUT2D eigenvalue weighted by Gasteiger charge is -2.35. The maximum absolute atomic E-state index is 13.4. The molecule has 0 saturated carbocycles. The maximum atomic E-state index is 13.4. The molecule has 0 aliphatic carbocycles. The minimum atomic E-state index is -1.07. The summed E-state index contributed by atoms with van der Waals surface area (Å²) in [6, 6.07) is 10.8. The van der Waals surface area contributed by atoms with Crippen molar-refractivity contribution in [3.05, 3.63) is 65.2 Å². The predicted octanol–water partition coefficient (Wildman–Crippen LogP) is 3.36. The van der Waals surface area contributed by atoms with Crippen LogP contribution in [0.25, 0.3) is 10.4 Å². The van der Waals surface area contributed by atoms with E-state index < -0.39 is 5.97 Å². The van der Waals surface area contributed by atoms with Crippen LogP contribution in [0.3, 0.4) is 0 Å². The van der Waals surface area contributed by atoms with Crippen LogP contribution in [0.1, 0.15) is 15.4 Å². The molecule has 6 nitrogen and oxygen atoms in total. The van der Waals surface area contributed by atoms with Gasteiger partial charge in [0.2, 0.25) is 0 Å². The van der Waals surface area contributed by atoms with Gasteiger partial charge in [0.05, 0.1) is 12.4 Å². The Labute approximate surface area is 165 Å². The van der Waals surface area contributed by atoms with Gasteiger partial charge in [-0.3, -0.25) is 4.90 Å². The van der Waals surface area contributed by atoms with Crippen molar-refractivity contribution in [1.29, 1.82) is 0 Å². The normalized spacial score (nSPS) is 15.0. The fraction of sp³-hybridized carbons (Fsp3) is 0.250. The van der Waals surface area contributed by atoms with Gasteiger partial charge in [-0.25, -0.2) is 19.2 Å². The number of hydrogen-bond donors (Lipinski definition) is 1. The van der Waals surface area contributed by atoms with Crippen LogP contribution in [0.5, 0.6) is 0 Å². The van der Waals surface area contributed by atoms with E-state index in [9.17, 15) is 9.18 Å². The second-order valence-electron chi connectivity index (χ2n) is 6.60. The van der Waals surface area contributed by atoms with E-state index in [-0.39, 0.29) is 11.5 Å². The van der Waals surface area contributed by atoms with Gasteiger partial charge in [-0.1, -0.05) is 12.1 Å². The van der Waals surface area contributed by atoms with E-state index in [2.05, 4.69) is 25.8 Å². The highest BCUT2D eigenvalue weighted by molar-refractivity contribution is 7.15. The Bertz CT molecular complexity index is 968. The number of aromatic carboxylic acids is 1. The number of carboxylic acids is 1. The van der Waals surface area contributed by atoms with Gasteiger partial charge in [-0.05, 0) is 29.8 Å². The van der Waals surface area contributed by atoms with Crippen molar-refractivity contribution in [2.24, 2.45) is 0 Å². The summed E-state index contributed by atoms with van der Waals surface area (Å²) in [5.74, 6) is -0.588. The summed E-state index contributed by atoms with van der Waals surface area (Å²) in [5.41, 5.74) is 0.860. The zero-order chi connectivity index (χ0) is 19.5. The molecule has 0 unspecified atom stereocenters. The van der Waals surface area contributed by atoms with Crippen LogP contribution in [-0.4, -0.2) is 52.1 Å². The maximum Gasteiger partial charge on any atom is 0.356 e. The number of benzene rings is 1. The van der Waals surface area contributed by atoms with E-state index in [0.29, 0.717) is 5.82 Å². The Morgan fingerprint density at radius 2 is 1.93 bits per heavy atom. The number of aromatic nitrogens is 2. The van der Waals surface area contributed by atoms with Gasteiger partial charge < -0.3 is 10.0 Å². The van der Waals surface area contributed by atoms with Crippen LogP contribution in [0.4, 0.5) is 10.2 Å². The lowest BCUT2D eigenvalue weighted by molar-refractivity contribution is 0.0690. The van der Waals surface area contributed by atoms with E-state index in [1.807, 2.05) is 12.1 Å². The van der Waals surface area contributed by atoms with Crippen LogP contribution in [0, 0.1) is 5.82 Å². The fourth-order valence-corrected chi connectivity index (χ4v) is 4.26. The van der Waals surface area contributed by atoms with Gasteiger partial charge in [-0.2, -0.15) is 0 Å². The highest BCUT2D eigenvalue weighted by Crippen LogP contribution is 2.29. The molecule has 0 amide bonds. The largest absolute Gasteiger partial charge is 0.476 e. The molecule has 0 radical (unpaired) electrons. The zero-order valence-corrected chi connectivity index (χ0v) is 15.9.